The Bertz CT molecular complexity index is 604. The van der Waals surface area contributed by atoms with Gasteiger partial charge in [0.25, 0.3) is 0 Å². The SMILES string of the molecule is CCN(CC1CCCO1)c1cc2nc(C)sc2cc1N. The molecule has 20 heavy (non-hydrogen) atoms. The Morgan fingerprint density at radius 2 is 2.35 bits per heavy atom. The fourth-order valence-corrected chi connectivity index (χ4v) is 3.66. The molecule has 5 heteroatoms. The van der Waals surface area contributed by atoms with Gasteiger partial charge in [0.05, 0.1) is 32.7 Å². The molecule has 1 aromatic carbocycles. The maximum absolute atomic E-state index is 6.24. The van der Waals surface area contributed by atoms with Gasteiger partial charge in [-0.3, -0.25) is 0 Å². The lowest BCUT2D eigenvalue weighted by Gasteiger charge is -2.27. The van der Waals surface area contributed by atoms with E-state index in [1.54, 1.807) is 11.3 Å². The van der Waals surface area contributed by atoms with Gasteiger partial charge < -0.3 is 15.4 Å². The first-order valence-corrected chi connectivity index (χ1v) is 8.02. The summed E-state index contributed by atoms with van der Waals surface area (Å²) in [7, 11) is 0. The minimum absolute atomic E-state index is 0.335. The van der Waals surface area contributed by atoms with E-state index >= 15 is 0 Å². The quantitative estimate of drug-likeness (QED) is 0.879. The molecule has 2 aromatic rings. The highest BCUT2D eigenvalue weighted by molar-refractivity contribution is 7.18. The molecule has 2 N–H and O–H groups in total. The molecule has 3 rings (SSSR count). The minimum Gasteiger partial charge on any atom is -0.397 e. The maximum Gasteiger partial charge on any atom is 0.0907 e. The third kappa shape index (κ3) is 2.60. The number of nitrogens with zero attached hydrogens (tertiary/aromatic N) is 2. The highest BCUT2D eigenvalue weighted by atomic mass is 32.1. The summed E-state index contributed by atoms with van der Waals surface area (Å²) in [5.41, 5.74) is 9.21. The fourth-order valence-electron chi connectivity index (χ4n) is 2.80. The molecule has 1 aliphatic heterocycles. The zero-order chi connectivity index (χ0) is 14.1. The highest BCUT2D eigenvalue weighted by Crippen LogP contribution is 2.32. The van der Waals surface area contributed by atoms with Crippen molar-refractivity contribution in [2.75, 3.05) is 30.3 Å². The van der Waals surface area contributed by atoms with E-state index < -0.39 is 0 Å². The number of fused-ring (bicyclic) bond motifs is 1. The summed E-state index contributed by atoms with van der Waals surface area (Å²) in [6.45, 7) is 6.92. The van der Waals surface area contributed by atoms with E-state index in [2.05, 4.69) is 22.9 Å². The number of aromatic nitrogens is 1. The molecule has 1 aromatic heterocycles. The van der Waals surface area contributed by atoms with Gasteiger partial charge in [-0.1, -0.05) is 0 Å². The standard InChI is InChI=1S/C15H21N3OS/c1-3-18(9-11-5-4-6-19-11)14-8-13-15(7-12(14)16)20-10(2)17-13/h7-8,11H,3-6,9,16H2,1-2H3. The normalized spacial score (nSPS) is 18.8. The number of aryl methyl sites for hydroxylation is 1. The minimum atomic E-state index is 0.335. The third-order valence-corrected chi connectivity index (χ3v) is 4.75. The van der Waals surface area contributed by atoms with Crippen LogP contribution in [0.5, 0.6) is 0 Å². The molecule has 0 amide bonds. The molecular formula is C15H21N3OS. The number of benzene rings is 1. The predicted octanol–water partition coefficient (Wildman–Crippen LogP) is 3.19. The van der Waals surface area contributed by atoms with Gasteiger partial charge in [0.2, 0.25) is 0 Å². The molecule has 1 fully saturated rings. The number of rotatable bonds is 4. The van der Waals surface area contributed by atoms with Crippen molar-refractivity contribution in [3.05, 3.63) is 17.1 Å². The van der Waals surface area contributed by atoms with Gasteiger partial charge in [0, 0.05) is 19.7 Å². The number of anilines is 2. The van der Waals surface area contributed by atoms with Crippen molar-refractivity contribution in [3.8, 4) is 0 Å². The maximum atomic E-state index is 6.24. The van der Waals surface area contributed by atoms with Crippen LogP contribution < -0.4 is 10.6 Å². The van der Waals surface area contributed by atoms with E-state index in [1.165, 1.54) is 6.42 Å². The zero-order valence-electron chi connectivity index (χ0n) is 12.1. The first-order valence-electron chi connectivity index (χ1n) is 7.20. The lowest BCUT2D eigenvalue weighted by Crippen LogP contribution is -2.32. The van der Waals surface area contributed by atoms with Crippen molar-refractivity contribution in [1.82, 2.24) is 4.98 Å². The number of hydrogen-bond acceptors (Lipinski definition) is 5. The first-order chi connectivity index (χ1) is 9.67. The second-order valence-electron chi connectivity index (χ2n) is 5.29. The lowest BCUT2D eigenvalue weighted by atomic mass is 10.2. The van der Waals surface area contributed by atoms with Gasteiger partial charge in [-0.25, -0.2) is 4.98 Å². The summed E-state index contributed by atoms with van der Waals surface area (Å²) in [5, 5.41) is 1.08. The Balaban J connectivity index is 1.91. The number of nitrogens with two attached hydrogens (primary N) is 1. The summed E-state index contributed by atoms with van der Waals surface area (Å²) in [6, 6.07) is 4.17. The van der Waals surface area contributed by atoms with Crippen LogP contribution in [0.15, 0.2) is 12.1 Å². The molecule has 1 aliphatic rings. The molecular weight excluding hydrogens is 270 g/mol. The Kier molecular flexibility index (Phi) is 3.81. The zero-order valence-corrected chi connectivity index (χ0v) is 12.9. The Labute approximate surface area is 123 Å². The van der Waals surface area contributed by atoms with Crippen molar-refractivity contribution >= 4 is 32.9 Å². The Morgan fingerprint density at radius 3 is 3.05 bits per heavy atom. The molecule has 0 aliphatic carbocycles. The largest absolute Gasteiger partial charge is 0.397 e. The molecule has 108 valence electrons. The van der Waals surface area contributed by atoms with Crippen molar-refractivity contribution in [2.45, 2.75) is 32.8 Å². The molecule has 4 nitrogen and oxygen atoms in total. The predicted molar refractivity (Wildman–Crippen MR) is 85.6 cm³/mol. The fraction of sp³-hybridized carbons (Fsp3) is 0.533. The Hall–Kier alpha value is -1.33. The molecule has 1 saturated heterocycles. The number of likely N-dealkylation sites (N-methyl/N-ethyl adjacent to an activating group) is 1. The van der Waals surface area contributed by atoms with Crippen molar-refractivity contribution in [3.63, 3.8) is 0 Å². The summed E-state index contributed by atoms with van der Waals surface area (Å²) in [6.07, 6.45) is 2.65. The molecule has 1 unspecified atom stereocenters. The molecule has 0 saturated carbocycles. The van der Waals surface area contributed by atoms with Crippen LogP contribution in [0.2, 0.25) is 0 Å². The van der Waals surface area contributed by atoms with E-state index in [1.807, 2.05) is 13.0 Å². The Morgan fingerprint density at radius 1 is 1.50 bits per heavy atom. The van der Waals surface area contributed by atoms with Gasteiger partial charge in [-0.05, 0) is 38.8 Å². The van der Waals surface area contributed by atoms with Crippen molar-refractivity contribution in [1.29, 1.82) is 0 Å². The van der Waals surface area contributed by atoms with E-state index in [0.717, 1.165) is 52.7 Å². The molecule has 1 atom stereocenters. The summed E-state index contributed by atoms with van der Waals surface area (Å²) in [4.78, 5) is 6.87. The van der Waals surface area contributed by atoms with Crippen LogP contribution in [0, 0.1) is 6.92 Å². The molecule has 0 spiro atoms. The van der Waals surface area contributed by atoms with E-state index in [0.29, 0.717) is 6.10 Å². The summed E-state index contributed by atoms with van der Waals surface area (Å²) in [5.74, 6) is 0. The molecule has 0 radical (unpaired) electrons. The monoisotopic (exact) mass is 291 g/mol. The smallest absolute Gasteiger partial charge is 0.0907 e. The number of nitrogen functional groups attached to an aromatic ring is 1. The van der Waals surface area contributed by atoms with Gasteiger partial charge in [0.15, 0.2) is 0 Å². The van der Waals surface area contributed by atoms with Crippen LogP contribution >= 0.6 is 11.3 Å². The van der Waals surface area contributed by atoms with Crippen molar-refractivity contribution in [2.24, 2.45) is 0 Å². The van der Waals surface area contributed by atoms with E-state index in [9.17, 15) is 0 Å². The number of ether oxygens (including phenoxy) is 1. The summed E-state index contributed by atoms with van der Waals surface area (Å²) < 4.78 is 6.91. The highest BCUT2D eigenvalue weighted by Gasteiger charge is 2.20. The van der Waals surface area contributed by atoms with Crippen LogP contribution in [0.25, 0.3) is 10.2 Å². The topological polar surface area (TPSA) is 51.4 Å². The van der Waals surface area contributed by atoms with Crippen LogP contribution in [-0.2, 0) is 4.74 Å². The second-order valence-corrected chi connectivity index (χ2v) is 6.52. The third-order valence-electron chi connectivity index (χ3n) is 3.81. The van der Waals surface area contributed by atoms with E-state index in [4.69, 9.17) is 10.5 Å². The molecule has 2 heterocycles. The average Bonchev–Trinajstić information content (AvgIpc) is 3.03. The van der Waals surface area contributed by atoms with Crippen LogP contribution in [-0.4, -0.2) is 30.8 Å². The molecule has 0 bridgehead atoms. The second kappa shape index (κ2) is 5.58. The lowest BCUT2D eigenvalue weighted by molar-refractivity contribution is 0.116. The van der Waals surface area contributed by atoms with Gasteiger partial charge in [-0.15, -0.1) is 11.3 Å². The average molecular weight is 291 g/mol. The van der Waals surface area contributed by atoms with Crippen LogP contribution in [0.4, 0.5) is 11.4 Å². The number of thiazole rings is 1. The summed E-state index contributed by atoms with van der Waals surface area (Å²) >= 11 is 1.69. The van der Waals surface area contributed by atoms with Gasteiger partial charge >= 0.3 is 0 Å². The van der Waals surface area contributed by atoms with Gasteiger partial charge in [0.1, 0.15) is 0 Å². The van der Waals surface area contributed by atoms with Crippen LogP contribution in [0.3, 0.4) is 0 Å². The van der Waals surface area contributed by atoms with E-state index in [-0.39, 0.29) is 0 Å². The number of hydrogen-bond donors (Lipinski definition) is 1. The van der Waals surface area contributed by atoms with Gasteiger partial charge in [-0.2, -0.15) is 0 Å². The first kappa shape index (κ1) is 13.6. The van der Waals surface area contributed by atoms with Crippen LogP contribution in [0.1, 0.15) is 24.8 Å². The van der Waals surface area contributed by atoms with Crippen molar-refractivity contribution < 1.29 is 4.74 Å².